The van der Waals surface area contributed by atoms with Gasteiger partial charge in [0.15, 0.2) is 0 Å². The highest BCUT2D eigenvalue weighted by molar-refractivity contribution is 7.99. The van der Waals surface area contributed by atoms with Crippen molar-refractivity contribution in [2.75, 3.05) is 18.2 Å². The minimum absolute atomic E-state index is 0.303. The van der Waals surface area contributed by atoms with Gasteiger partial charge in [0.2, 0.25) is 0 Å². The molecule has 3 N–H and O–H groups in total. The summed E-state index contributed by atoms with van der Waals surface area (Å²) in [6.45, 7) is 2.30. The van der Waals surface area contributed by atoms with Crippen molar-refractivity contribution in [2.24, 2.45) is 0 Å². The highest BCUT2D eigenvalue weighted by atomic mass is 32.2. The molecule has 0 aliphatic carbocycles. The molecule has 1 aliphatic rings. The van der Waals surface area contributed by atoms with Gasteiger partial charge in [-0.2, -0.15) is 0 Å². The summed E-state index contributed by atoms with van der Waals surface area (Å²) in [4.78, 5) is 24.8. The quantitative estimate of drug-likeness (QED) is 0.602. The molecule has 0 unspecified atom stereocenters. The number of thioether (sulfide) groups is 1. The van der Waals surface area contributed by atoms with Gasteiger partial charge in [-0.3, -0.25) is 4.79 Å². The van der Waals surface area contributed by atoms with Gasteiger partial charge in [-0.25, -0.2) is 9.78 Å². The highest BCUT2D eigenvalue weighted by Gasteiger charge is 1.93. The molecule has 0 atom stereocenters. The van der Waals surface area contributed by atoms with Crippen molar-refractivity contribution in [1.29, 1.82) is 0 Å². The van der Waals surface area contributed by atoms with E-state index >= 15 is 0 Å². The predicted octanol–water partition coefficient (Wildman–Crippen LogP) is 0.141. The molecule has 1 saturated heterocycles. The third kappa shape index (κ3) is 12.7. The summed E-state index contributed by atoms with van der Waals surface area (Å²) in [5.41, 5.74) is -0.303. The minimum Gasteiger partial charge on any atom is -0.481 e. The summed E-state index contributed by atoms with van der Waals surface area (Å²) in [6.07, 6.45) is 2.98. The number of aliphatic carboxylic acids is 1. The van der Waals surface area contributed by atoms with Crippen molar-refractivity contribution in [1.82, 2.24) is 15.3 Å². The van der Waals surface area contributed by atoms with Gasteiger partial charge >= 0.3 is 5.69 Å². The van der Waals surface area contributed by atoms with E-state index in [0.29, 0.717) is 0 Å². The van der Waals surface area contributed by atoms with Crippen LogP contribution in [0, 0.1) is 0 Å². The third-order valence-electron chi connectivity index (χ3n) is 1.21. The lowest BCUT2D eigenvalue weighted by Crippen LogP contribution is -2.05. The van der Waals surface area contributed by atoms with Crippen molar-refractivity contribution < 1.29 is 9.90 Å². The molecule has 0 spiro atoms. The average molecular weight is 245 g/mol. The van der Waals surface area contributed by atoms with E-state index in [0.717, 1.165) is 6.92 Å². The van der Waals surface area contributed by atoms with Gasteiger partial charge in [-0.1, -0.05) is 0 Å². The Morgan fingerprint density at radius 2 is 2.31 bits per heavy atom. The van der Waals surface area contributed by atoms with Gasteiger partial charge in [0.05, 0.1) is 0 Å². The standard InChI is InChI=1S/C4H4N2O.C3H7NS.C2H4O2/c7-4-5-2-1-3-6-4;1-2-5-3-4-1;1-2(3)4/h1-3H,(H,5,6,7);4H,1-3H2;1H3,(H,3,4). The molecular formula is C9H15N3O3S. The number of carboxylic acids is 1. The van der Waals surface area contributed by atoms with Crippen molar-refractivity contribution >= 4 is 17.7 Å². The molecule has 6 nitrogen and oxygen atoms in total. The Hall–Kier alpha value is -1.34. The number of hydrogen-bond donors (Lipinski definition) is 3. The van der Waals surface area contributed by atoms with E-state index < -0.39 is 5.97 Å². The molecule has 1 fully saturated rings. The summed E-state index contributed by atoms with van der Waals surface area (Å²) < 4.78 is 0. The van der Waals surface area contributed by atoms with E-state index in [1.165, 1.54) is 30.6 Å². The lowest BCUT2D eigenvalue weighted by atomic mass is 10.7. The van der Waals surface area contributed by atoms with Crippen LogP contribution in [0.2, 0.25) is 0 Å². The Morgan fingerprint density at radius 3 is 2.50 bits per heavy atom. The van der Waals surface area contributed by atoms with Crippen LogP contribution in [0.4, 0.5) is 0 Å². The monoisotopic (exact) mass is 245 g/mol. The van der Waals surface area contributed by atoms with Crippen LogP contribution >= 0.6 is 11.8 Å². The first-order valence-corrected chi connectivity index (χ1v) is 5.76. The zero-order valence-electron chi connectivity index (χ0n) is 8.97. The van der Waals surface area contributed by atoms with Gasteiger partial charge in [-0.15, -0.1) is 11.8 Å². The second-order valence-electron chi connectivity index (χ2n) is 2.66. The van der Waals surface area contributed by atoms with E-state index in [2.05, 4.69) is 15.3 Å². The Labute approximate surface area is 97.5 Å². The van der Waals surface area contributed by atoms with Crippen LogP contribution in [0.25, 0.3) is 0 Å². The molecule has 7 heteroatoms. The predicted molar refractivity (Wildman–Crippen MR) is 63.5 cm³/mol. The van der Waals surface area contributed by atoms with E-state index in [1.807, 2.05) is 11.8 Å². The third-order valence-corrected chi connectivity index (χ3v) is 2.11. The van der Waals surface area contributed by atoms with Crippen LogP contribution in [-0.4, -0.2) is 39.2 Å². The Balaban J connectivity index is 0.000000222. The average Bonchev–Trinajstić information content (AvgIpc) is 2.75. The maximum absolute atomic E-state index is 10.1. The molecule has 0 radical (unpaired) electrons. The first-order valence-electron chi connectivity index (χ1n) is 4.60. The molecule has 1 aliphatic heterocycles. The second kappa shape index (κ2) is 10.2. The fraction of sp³-hybridized carbons (Fsp3) is 0.444. The summed E-state index contributed by atoms with van der Waals surface area (Å²) in [6, 6.07) is 1.65. The number of nitrogens with zero attached hydrogens (tertiary/aromatic N) is 1. The Morgan fingerprint density at radius 1 is 1.62 bits per heavy atom. The smallest absolute Gasteiger partial charge is 0.344 e. The van der Waals surface area contributed by atoms with Crippen LogP contribution in [0.5, 0.6) is 0 Å². The van der Waals surface area contributed by atoms with Crippen LogP contribution in [0.3, 0.4) is 0 Å². The molecule has 1 aromatic heterocycles. The maximum atomic E-state index is 10.1. The minimum atomic E-state index is -0.833. The first-order chi connectivity index (χ1) is 7.63. The lowest BCUT2D eigenvalue weighted by molar-refractivity contribution is -0.134. The zero-order chi connectivity index (χ0) is 12.2. The number of rotatable bonds is 0. The van der Waals surface area contributed by atoms with E-state index in [9.17, 15) is 4.79 Å². The van der Waals surface area contributed by atoms with E-state index in [1.54, 1.807) is 6.07 Å². The molecule has 1 aromatic rings. The number of carbonyl (C=O) groups is 1. The van der Waals surface area contributed by atoms with Crippen LogP contribution in [0.1, 0.15) is 6.92 Å². The zero-order valence-corrected chi connectivity index (χ0v) is 9.79. The molecule has 0 aromatic carbocycles. The summed E-state index contributed by atoms with van der Waals surface area (Å²) in [7, 11) is 0. The van der Waals surface area contributed by atoms with Crippen molar-refractivity contribution in [3.8, 4) is 0 Å². The van der Waals surface area contributed by atoms with E-state index in [4.69, 9.17) is 9.90 Å². The summed E-state index contributed by atoms with van der Waals surface area (Å²) in [5.74, 6) is 1.64. The first kappa shape index (κ1) is 14.7. The number of carboxylic acid groups (broad SMARTS) is 1. The number of hydrogen-bond acceptors (Lipinski definition) is 5. The molecule has 2 rings (SSSR count). The van der Waals surface area contributed by atoms with Crippen LogP contribution in [0.15, 0.2) is 23.3 Å². The van der Waals surface area contributed by atoms with Crippen LogP contribution < -0.4 is 11.0 Å². The number of nitrogens with one attached hydrogen (secondary N) is 2. The van der Waals surface area contributed by atoms with Gasteiger partial charge in [-0.05, 0) is 6.07 Å². The molecule has 0 bridgehead atoms. The summed E-state index contributed by atoms with van der Waals surface area (Å²) >= 11 is 1.96. The normalized spacial score (nSPS) is 12.8. The Kier molecular flexibility index (Phi) is 9.33. The topological polar surface area (TPSA) is 95.1 Å². The van der Waals surface area contributed by atoms with Gasteiger partial charge in [0, 0.05) is 37.5 Å². The fourth-order valence-electron chi connectivity index (χ4n) is 0.671. The molecule has 90 valence electrons. The van der Waals surface area contributed by atoms with Gasteiger partial charge < -0.3 is 15.4 Å². The van der Waals surface area contributed by atoms with Crippen molar-refractivity contribution in [2.45, 2.75) is 6.92 Å². The second-order valence-corrected chi connectivity index (χ2v) is 3.76. The molecule has 16 heavy (non-hydrogen) atoms. The van der Waals surface area contributed by atoms with E-state index in [-0.39, 0.29) is 5.69 Å². The molecule has 0 saturated carbocycles. The van der Waals surface area contributed by atoms with Crippen molar-refractivity contribution in [3.63, 3.8) is 0 Å². The SMILES string of the molecule is C1CSCN1.CC(=O)O.O=c1nccc[nH]1. The summed E-state index contributed by atoms with van der Waals surface area (Å²) in [5, 5.41) is 10.6. The molecule has 2 heterocycles. The molecular weight excluding hydrogens is 230 g/mol. The van der Waals surface area contributed by atoms with Gasteiger partial charge in [0.1, 0.15) is 0 Å². The van der Waals surface area contributed by atoms with Crippen molar-refractivity contribution in [3.05, 3.63) is 28.9 Å². The number of H-pyrrole nitrogens is 1. The largest absolute Gasteiger partial charge is 0.481 e. The highest BCUT2D eigenvalue weighted by Crippen LogP contribution is 1.99. The van der Waals surface area contributed by atoms with Gasteiger partial charge in [0.25, 0.3) is 5.97 Å². The maximum Gasteiger partial charge on any atom is 0.344 e. The number of aromatic amines is 1. The fourth-order valence-corrected chi connectivity index (χ4v) is 1.39. The lowest BCUT2D eigenvalue weighted by Gasteiger charge is -1.74. The van der Waals surface area contributed by atoms with Crippen LogP contribution in [-0.2, 0) is 4.79 Å². The Bertz CT molecular complexity index is 310. The molecule has 0 amide bonds. The number of aromatic nitrogens is 2.